The molecule has 1 unspecified atom stereocenters. The van der Waals surface area contributed by atoms with Crippen molar-refractivity contribution in [3.05, 3.63) is 0 Å². The molecule has 0 radical (unpaired) electrons. The molecule has 0 bridgehead atoms. The van der Waals surface area contributed by atoms with E-state index in [0.29, 0.717) is 19.5 Å². The van der Waals surface area contributed by atoms with Crippen molar-refractivity contribution in [2.45, 2.75) is 32.7 Å². The number of hydrogen-bond acceptors (Lipinski definition) is 2. The molecular formula is C8H16F3NO. The molecule has 2 nitrogen and oxygen atoms in total. The average molecular weight is 199 g/mol. The first-order chi connectivity index (χ1) is 5.97. The van der Waals surface area contributed by atoms with E-state index in [0.717, 1.165) is 0 Å². The van der Waals surface area contributed by atoms with Crippen LogP contribution in [0.1, 0.15) is 20.3 Å². The number of likely N-dealkylation sites (N-methyl/N-ethyl adjacent to an activating group) is 1. The summed E-state index contributed by atoms with van der Waals surface area (Å²) in [4.78, 5) is 1.82. The molecule has 1 fully saturated rings. The molecule has 0 aliphatic carbocycles. The Kier molecular flexibility index (Phi) is 5.32. The maximum absolute atomic E-state index is 11.6. The molecule has 1 rings (SSSR count). The smallest absolute Gasteiger partial charge is 0.304 e. The summed E-state index contributed by atoms with van der Waals surface area (Å²) in [5.74, 6) is 0. The third-order valence-electron chi connectivity index (χ3n) is 1.65. The third-order valence-corrected chi connectivity index (χ3v) is 1.65. The summed E-state index contributed by atoms with van der Waals surface area (Å²) >= 11 is 0. The molecule has 1 atom stereocenters. The van der Waals surface area contributed by atoms with Crippen molar-refractivity contribution in [1.82, 2.24) is 4.90 Å². The van der Waals surface area contributed by atoms with Crippen molar-refractivity contribution >= 4 is 0 Å². The molecule has 0 aromatic rings. The molecule has 0 aromatic heterocycles. The molecule has 1 aliphatic rings. The maximum atomic E-state index is 11.6. The molecule has 80 valence electrons. The van der Waals surface area contributed by atoms with Crippen LogP contribution in [0.3, 0.4) is 0 Å². The highest BCUT2D eigenvalue weighted by Crippen LogP contribution is 2.22. The second-order valence-electron chi connectivity index (χ2n) is 2.74. The zero-order valence-corrected chi connectivity index (χ0v) is 8.19. The van der Waals surface area contributed by atoms with Gasteiger partial charge in [-0.15, -0.1) is 13.2 Å². The van der Waals surface area contributed by atoms with Crippen LogP contribution in [0.4, 0.5) is 13.2 Å². The predicted octanol–water partition coefficient (Wildman–Crippen LogP) is 2.25. The molecule has 1 saturated heterocycles. The van der Waals surface area contributed by atoms with Gasteiger partial charge in [0.1, 0.15) is 0 Å². The predicted molar refractivity (Wildman–Crippen MR) is 44.4 cm³/mol. The molecule has 1 aliphatic heterocycles. The monoisotopic (exact) mass is 199 g/mol. The van der Waals surface area contributed by atoms with Gasteiger partial charge in [-0.1, -0.05) is 13.8 Å². The van der Waals surface area contributed by atoms with Crippen LogP contribution in [0.2, 0.25) is 0 Å². The first kappa shape index (κ1) is 12.7. The van der Waals surface area contributed by atoms with Crippen LogP contribution in [0, 0.1) is 0 Å². The molecule has 0 saturated carbocycles. The van der Waals surface area contributed by atoms with Crippen molar-refractivity contribution in [1.29, 1.82) is 0 Å². The Hall–Kier alpha value is -0.290. The van der Waals surface area contributed by atoms with Gasteiger partial charge in [-0.2, -0.15) is 0 Å². The van der Waals surface area contributed by atoms with Crippen molar-refractivity contribution in [2.24, 2.45) is 0 Å². The largest absolute Gasteiger partial charge is 0.522 e. The summed E-state index contributed by atoms with van der Waals surface area (Å²) in [6.07, 6.45) is -4.67. The summed E-state index contributed by atoms with van der Waals surface area (Å²) in [5.41, 5.74) is 0. The van der Waals surface area contributed by atoms with Gasteiger partial charge in [-0.3, -0.25) is 4.74 Å². The topological polar surface area (TPSA) is 12.5 Å². The van der Waals surface area contributed by atoms with Crippen molar-refractivity contribution in [3.8, 4) is 0 Å². The van der Waals surface area contributed by atoms with Gasteiger partial charge >= 0.3 is 6.36 Å². The van der Waals surface area contributed by atoms with E-state index in [1.54, 1.807) is 7.05 Å². The van der Waals surface area contributed by atoms with Gasteiger partial charge in [-0.25, -0.2) is 0 Å². The highest BCUT2D eigenvalue weighted by molar-refractivity contribution is 4.73. The van der Waals surface area contributed by atoms with E-state index in [2.05, 4.69) is 4.74 Å². The SMILES string of the molecule is CC.CN1CCC(OC(F)(F)F)C1. The summed E-state index contributed by atoms with van der Waals surface area (Å²) in [6, 6.07) is 0. The third kappa shape index (κ3) is 5.87. The normalized spacial score (nSPS) is 24.0. The Bertz CT molecular complexity index is 138. The van der Waals surface area contributed by atoms with Gasteiger partial charge in [0.25, 0.3) is 0 Å². The van der Waals surface area contributed by atoms with Crippen LogP contribution in [-0.2, 0) is 4.74 Å². The number of rotatable bonds is 1. The lowest BCUT2D eigenvalue weighted by Crippen LogP contribution is -2.26. The highest BCUT2D eigenvalue weighted by Gasteiger charge is 2.35. The number of halogens is 3. The fourth-order valence-electron chi connectivity index (χ4n) is 1.18. The first-order valence-corrected chi connectivity index (χ1v) is 4.40. The molecule has 5 heteroatoms. The number of alkyl halides is 3. The zero-order chi connectivity index (χ0) is 10.5. The quantitative estimate of drug-likeness (QED) is 0.642. The van der Waals surface area contributed by atoms with Gasteiger partial charge < -0.3 is 4.90 Å². The van der Waals surface area contributed by atoms with Crippen LogP contribution in [0.15, 0.2) is 0 Å². The second-order valence-corrected chi connectivity index (χ2v) is 2.74. The van der Waals surface area contributed by atoms with Crippen LogP contribution in [0.5, 0.6) is 0 Å². The fraction of sp³-hybridized carbons (Fsp3) is 1.00. The van der Waals surface area contributed by atoms with Gasteiger partial charge in [0, 0.05) is 13.1 Å². The van der Waals surface area contributed by atoms with Crippen LogP contribution in [-0.4, -0.2) is 37.5 Å². The molecule has 0 N–H and O–H groups in total. The fourth-order valence-corrected chi connectivity index (χ4v) is 1.18. The van der Waals surface area contributed by atoms with Crippen molar-refractivity contribution in [2.75, 3.05) is 20.1 Å². The minimum atomic E-state index is -4.48. The highest BCUT2D eigenvalue weighted by atomic mass is 19.4. The minimum Gasteiger partial charge on any atom is -0.304 e. The Labute approximate surface area is 76.7 Å². The van der Waals surface area contributed by atoms with E-state index in [-0.39, 0.29) is 0 Å². The average Bonchev–Trinajstić information content (AvgIpc) is 2.36. The number of likely N-dealkylation sites (tertiary alicyclic amines) is 1. The molecule has 0 spiro atoms. The first-order valence-electron chi connectivity index (χ1n) is 4.40. The zero-order valence-electron chi connectivity index (χ0n) is 8.19. The molecule has 1 heterocycles. The van der Waals surface area contributed by atoms with Gasteiger partial charge in [-0.05, 0) is 13.5 Å². The number of hydrogen-bond donors (Lipinski definition) is 0. The van der Waals surface area contributed by atoms with E-state index < -0.39 is 12.5 Å². The van der Waals surface area contributed by atoms with Gasteiger partial charge in [0.2, 0.25) is 0 Å². The van der Waals surface area contributed by atoms with Gasteiger partial charge in [0.05, 0.1) is 6.10 Å². The summed E-state index contributed by atoms with van der Waals surface area (Å²) in [5, 5.41) is 0. The summed E-state index contributed by atoms with van der Waals surface area (Å²) < 4.78 is 38.6. The van der Waals surface area contributed by atoms with E-state index in [4.69, 9.17) is 0 Å². The van der Waals surface area contributed by atoms with E-state index in [1.165, 1.54) is 0 Å². The molecule has 0 amide bonds. The van der Waals surface area contributed by atoms with Crippen LogP contribution in [0.25, 0.3) is 0 Å². The summed E-state index contributed by atoms with van der Waals surface area (Å²) in [6.45, 7) is 5.06. The van der Waals surface area contributed by atoms with E-state index in [1.807, 2.05) is 18.7 Å². The van der Waals surface area contributed by atoms with E-state index in [9.17, 15) is 13.2 Å². The summed E-state index contributed by atoms with van der Waals surface area (Å²) in [7, 11) is 1.78. The Morgan fingerprint density at radius 1 is 1.31 bits per heavy atom. The number of nitrogens with zero attached hydrogens (tertiary/aromatic N) is 1. The van der Waals surface area contributed by atoms with Crippen LogP contribution >= 0.6 is 0 Å². The lowest BCUT2D eigenvalue weighted by molar-refractivity contribution is -0.340. The number of ether oxygens (including phenoxy) is 1. The minimum absolute atomic E-state index is 0.375. The lowest BCUT2D eigenvalue weighted by Gasteiger charge is -2.13. The van der Waals surface area contributed by atoms with Crippen molar-refractivity contribution in [3.63, 3.8) is 0 Å². The van der Waals surface area contributed by atoms with Crippen molar-refractivity contribution < 1.29 is 17.9 Å². The molecular weight excluding hydrogens is 183 g/mol. The standard InChI is InChI=1S/C6H10F3NO.C2H6/c1-10-3-2-5(4-10)11-6(7,8)9;1-2/h5H,2-4H2,1H3;1-2H3. The maximum Gasteiger partial charge on any atom is 0.522 e. The van der Waals surface area contributed by atoms with Crippen LogP contribution < -0.4 is 0 Å². The van der Waals surface area contributed by atoms with E-state index >= 15 is 0 Å². The lowest BCUT2D eigenvalue weighted by atomic mass is 10.3. The molecule has 0 aromatic carbocycles. The second kappa shape index (κ2) is 5.44. The Balaban J connectivity index is 0.000000671. The Morgan fingerprint density at radius 2 is 1.85 bits per heavy atom. The molecule has 13 heavy (non-hydrogen) atoms. The van der Waals surface area contributed by atoms with Gasteiger partial charge in [0.15, 0.2) is 0 Å². The Morgan fingerprint density at radius 3 is 2.15 bits per heavy atom.